The molecule has 1 aliphatic carbocycles. The van der Waals surface area contributed by atoms with Crippen LogP contribution >= 0.6 is 11.6 Å². The topological polar surface area (TPSA) is 39.2 Å². The molecule has 1 aromatic heterocycles. The monoisotopic (exact) mass is 171 g/mol. The normalized spacial score (nSPS) is 21.3. The fraction of sp³-hybridized carbons (Fsp3) is 0.500. The molecule has 2 nitrogen and oxygen atoms in total. The maximum Gasteiger partial charge on any atom is 0.193 e. The summed E-state index contributed by atoms with van der Waals surface area (Å²) in [6.07, 6.45) is 3.21. The maximum atomic E-state index is 5.99. The quantitative estimate of drug-likeness (QED) is 0.704. The lowest BCUT2D eigenvalue weighted by atomic mass is 9.76. The highest BCUT2D eigenvalue weighted by Crippen LogP contribution is 2.39. The SMILES string of the molecule is NC1(c2ccc(Cl)o2)CCC1. The van der Waals surface area contributed by atoms with E-state index >= 15 is 0 Å². The lowest BCUT2D eigenvalue weighted by Crippen LogP contribution is -2.42. The third kappa shape index (κ3) is 1.06. The molecule has 0 atom stereocenters. The molecule has 1 aromatic rings. The van der Waals surface area contributed by atoms with Gasteiger partial charge in [-0.3, -0.25) is 0 Å². The van der Waals surface area contributed by atoms with Crippen molar-refractivity contribution in [3.63, 3.8) is 0 Å². The van der Waals surface area contributed by atoms with Crippen LogP contribution in [-0.2, 0) is 5.54 Å². The lowest BCUT2D eigenvalue weighted by Gasteiger charge is -2.35. The number of furan rings is 1. The fourth-order valence-electron chi connectivity index (χ4n) is 1.39. The molecular formula is C8H10ClNO. The highest BCUT2D eigenvalue weighted by atomic mass is 35.5. The molecule has 0 amide bonds. The first kappa shape index (κ1) is 7.19. The Kier molecular flexibility index (Phi) is 1.48. The van der Waals surface area contributed by atoms with Crippen LogP contribution in [0.2, 0.25) is 5.22 Å². The summed E-state index contributed by atoms with van der Waals surface area (Å²) < 4.78 is 5.23. The van der Waals surface area contributed by atoms with Crippen LogP contribution in [0.25, 0.3) is 0 Å². The van der Waals surface area contributed by atoms with Gasteiger partial charge in [-0.25, -0.2) is 0 Å². The second-order valence-electron chi connectivity index (χ2n) is 3.11. The predicted molar refractivity (Wildman–Crippen MR) is 43.4 cm³/mol. The standard InChI is InChI=1S/C8H10ClNO/c9-7-3-2-6(11-7)8(10)4-1-5-8/h2-3H,1,4-5,10H2. The minimum atomic E-state index is -0.215. The van der Waals surface area contributed by atoms with Gasteiger partial charge in [-0.05, 0) is 43.0 Å². The lowest BCUT2D eigenvalue weighted by molar-refractivity contribution is 0.208. The van der Waals surface area contributed by atoms with E-state index in [2.05, 4.69) is 0 Å². The van der Waals surface area contributed by atoms with Crippen molar-refractivity contribution >= 4 is 11.6 Å². The third-order valence-electron chi connectivity index (χ3n) is 2.31. The Hall–Kier alpha value is -0.470. The number of halogens is 1. The van der Waals surface area contributed by atoms with Crippen molar-refractivity contribution < 1.29 is 4.42 Å². The van der Waals surface area contributed by atoms with E-state index in [1.807, 2.05) is 6.07 Å². The van der Waals surface area contributed by atoms with Crippen LogP contribution in [0, 0.1) is 0 Å². The molecule has 0 unspecified atom stereocenters. The Morgan fingerprint density at radius 1 is 1.45 bits per heavy atom. The van der Waals surface area contributed by atoms with Crippen LogP contribution in [0.1, 0.15) is 25.0 Å². The summed E-state index contributed by atoms with van der Waals surface area (Å²) in [6, 6.07) is 3.60. The zero-order valence-electron chi connectivity index (χ0n) is 6.14. The van der Waals surface area contributed by atoms with Crippen LogP contribution < -0.4 is 5.73 Å². The summed E-state index contributed by atoms with van der Waals surface area (Å²) in [7, 11) is 0. The van der Waals surface area contributed by atoms with E-state index in [4.69, 9.17) is 21.8 Å². The molecule has 0 aromatic carbocycles. The number of rotatable bonds is 1. The molecule has 1 fully saturated rings. The summed E-state index contributed by atoms with van der Waals surface area (Å²) in [5.41, 5.74) is 5.77. The summed E-state index contributed by atoms with van der Waals surface area (Å²) in [4.78, 5) is 0. The van der Waals surface area contributed by atoms with Crippen LogP contribution in [0.4, 0.5) is 0 Å². The third-order valence-corrected chi connectivity index (χ3v) is 2.51. The molecule has 0 bridgehead atoms. The van der Waals surface area contributed by atoms with E-state index in [1.54, 1.807) is 6.07 Å². The van der Waals surface area contributed by atoms with Gasteiger partial charge in [0.25, 0.3) is 0 Å². The molecule has 1 aliphatic rings. The van der Waals surface area contributed by atoms with Gasteiger partial charge in [-0.1, -0.05) is 0 Å². The molecule has 0 saturated heterocycles. The van der Waals surface area contributed by atoms with Gasteiger partial charge < -0.3 is 10.2 Å². The molecule has 0 aliphatic heterocycles. The Bertz CT molecular complexity index is 265. The highest BCUT2D eigenvalue weighted by Gasteiger charge is 2.37. The van der Waals surface area contributed by atoms with Crippen molar-refractivity contribution in [1.29, 1.82) is 0 Å². The summed E-state index contributed by atoms with van der Waals surface area (Å²) in [6.45, 7) is 0. The number of hydrogen-bond donors (Lipinski definition) is 1. The van der Waals surface area contributed by atoms with E-state index in [0.29, 0.717) is 5.22 Å². The van der Waals surface area contributed by atoms with Crippen LogP contribution in [0.15, 0.2) is 16.5 Å². The molecule has 3 heteroatoms. The fourth-order valence-corrected chi connectivity index (χ4v) is 1.53. The molecule has 0 spiro atoms. The van der Waals surface area contributed by atoms with Crippen LogP contribution in [0.5, 0.6) is 0 Å². The number of nitrogens with two attached hydrogens (primary N) is 1. The van der Waals surface area contributed by atoms with Crippen molar-refractivity contribution in [3.8, 4) is 0 Å². The minimum Gasteiger partial charge on any atom is -0.448 e. The number of hydrogen-bond acceptors (Lipinski definition) is 2. The minimum absolute atomic E-state index is 0.215. The molecule has 1 saturated carbocycles. The van der Waals surface area contributed by atoms with Gasteiger partial charge in [0.2, 0.25) is 0 Å². The van der Waals surface area contributed by atoms with Crippen molar-refractivity contribution in [2.45, 2.75) is 24.8 Å². The Morgan fingerprint density at radius 3 is 2.55 bits per heavy atom. The zero-order valence-corrected chi connectivity index (χ0v) is 6.90. The highest BCUT2D eigenvalue weighted by molar-refractivity contribution is 6.28. The molecule has 2 N–H and O–H groups in total. The Morgan fingerprint density at radius 2 is 2.18 bits per heavy atom. The average molecular weight is 172 g/mol. The summed E-state index contributed by atoms with van der Waals surface area (Å²) >= 11 is 5.63. The second-order valence-corrected chi connectivity index (χ2v) is 3.49. The van der Waals surface area contributed by atoms with Gasteiger partial charge in [0, 0.05) is 0 Å². The second kappa shape index (κ2) is 2.26. The maximum absolute atomic E-state index is 5.99. The Balaban J connectivity index is 2.28. The molecule has 0 radical (unpaired) electrons. The van der Waals surface area contributed by atoms with Gasteiger partial charge in [-0.2, -0.15) is 0 Å². The van der Waals surface area contributed by atoms with E-state index < -0.39 is 0 Å². The van der Waals surface area contributed by atoms with Gasteiger partial charge >= 0.3 is 0 Å². The first-order valence-corrected chi connectivity index (χ1v) is 4.13. The van der Waals surface area contributed by atoms with Crippen molar-refractivity contribution in [2.75, 3.05) is 0 Å². The first-order chi connectivity index (χ1) is 5.21. The van der Waals surface area contributed by atoms with Gasteiger partial charge in [0.1, 0.15) is 5.76 Å². The summed E-state index contributed by atoms with van der Waals surface area (Å²) in [5, 5.41) is 0.428. The van der Waals surface area contributed by atoms with Crippen molar-refractivity contribution in [2.24, 2.45) is 5.73 Å². The first-order valence-electron chi connectivity index (χ1n) is 3.75. The van der Waals surface area contributed by atoms with Crippen LogP contribution in [-0.4, -0.2) is 0 Å². The van der Waals surface area contributed by atoms with Crippen LogP contribution in [0.3, 0.4) is 0 Å². The van der Waals surface area contributed by atoms with Crippen molar-refractivity contribution in [3.05, 3.63) is 23.1 Å². The van der Waals surface area contributed by atoms with E-state index in [0.717, 1.165) is 18.6 Å². The van der Waals surface area contributed by atoms with Gasteiger partial charge in [-0.15, -0.1) is 0 Å². The van der Waals surface area contributed by atoms with Crippen molar-refractivity contribution in [1.82, 2.24) is 0 Å². The van der Waals surface area contributed by atoms with E-state index in [1.165, 1.54) is 6.42 Å². The predicted octanol–water partition coefficient (Wildman–Crippen LogP) is 2.27. The van der Waals surface area contributed by atoms with E-state index in [9.17, 15) is 0 Å². The largest absolute Gasteiger partial charge is 0.448 e. The molecule has 2 rings (SSSR count). The molecular weight excluding hydrogens is 162 g/mol. The molecule has 1 heterocycles. The van der Waals surface area contributed by atoms with Gasteiger partial charge in [0.15, 0.2) is 5.22 Å². The van der Waals surface area contributed by atoms with E-state index in [-0.39, 0.29) is 5.54 Å². The average Bonchev–Trinajstić information content (AvgIpc) is 2.31. The molecule has 60 valence electrons. The molecule has 11 heavy (non-hydrogen) atoms. The zero-order chi connectivity index (χ0) is 7.90. The smallest absolute Gasteiger partial charge is 0.193 e. The Labute approximate surface area is 70.3 Å². The summed E-state index contributed by atoms with van der Waals surface area (Å²) in [5.74, 6) is 0.828. The van der Waals surface area contributed by atoms with Gasteiger partial charge in [0.05, 0.1) is 5.54 Å².